The highest BCUT2D eigenvalue weighted by Crippen LogP contribution is 2.29. The first-order valence-electron chi connectivity index (χ1n) is 9.19. The van der Waals surface area contributed by atoms with E-state index in [9.17, 15) is 20.0 Å². The number of aromatic nitrogens is 1. The number of fused-ring (bicyclic) bond motifs is 1. The maximum absolute atomic E-state index is 13.4. The molecule has 0 bridgehead atoms. The molecule has 148 valence electrons. The van der Waals surface area contributed by atoms with Crippen molar-refractivity contribution in [2.24, 2.45) is 4.99 Å². The van der Waals surface area contributed by atoms with E-state index in [1.165, 1.54) is 24.3 Å². The third-order valence-electron chi connectivity index (χ3n) is 4.79. The average Bonchev–Trinajstić information content (AvgIpc) is 2.75. The number of hydrogen-bond donors (Lipinski definition) is 1. The Morgan fingerprint density at radius 2 is 1.60 bits per heavy atom. The van der Waals surface area contributed by atoms with Crippen LogP contribution < -0.4 is 5.56 Å². The van der Waals surface area contributed by atoms with Gasteiger partial charge in [0.2, 0.25) is 0 Å². The van der Waals surface area contributed by atoms with Crippen molar-refractivity contribution >= 4 is 28.0 Å². The lowest BCUT2D eigenvalue weighted by Gasteiger charge is -2.15. The second-order valence-corrected chi connectivity index (χ2v) is 6.69. The highest BCUT2D eigenvalue weighted by Gasteiger charge is 2.19. The molecule has 0 aliphatic rings. The molecule has 4 aromatic rings. The number of rotatable bonds is 4. The van der Waals surface area contributed by atoms with Crippen LogP contribution in [0.1, 0.15) is 12.5 Å². The van der Waals surface area contributed by atoms with Crippen LogP contribution in [0.15, 0.2) is 88.6 Å². The second kappa shape index (κ2) is 7.63. The maximum Gasteiger partial charge on any atom is 0.269 e. The Labute approximate surface area is 171 Å². The van der Waals surface area contributed by atoms with Crippen LogP contribution in [0.5, 0.6) is 5.75 Å². The van der Waals surface area contributed by atoms with Gasteiger partial charge >= 0.3 is 0 Å². The first-order valence-corrected chi connectivity index (χ1v) is 9.19. The minimum Gasteiger partial charge on any atom is -0.506 e. The van der Waals surface area contributed by atoms with E-state index in [0.717, 1.165) is 0 Å². The van der Waals surface area contributed by atoms with Crippen LogP contribution in [-0.2, 0) is 0 Å². The Kier molecular flexibility index (Phi) is 4.85. The second-order valence-electron chi connectivity index (χ2n) is 6.69. The highest BCUT2D eigenvalue weighted by molar-refractivity contribution is 6.06. The van der Waals surface area contributed by atoms with Crippen LogP contribution >= 0.6 is 0 Å². The molecule has 0 unspecified atom stereocenters. The lowest BCUT2D eigenvalue weighted by Crippen LogP contribution is -2.25. The average molecular weight is 399 g/mol. The van der Waals surface area contributed by atoms with Crippen molar-refractivity contribution < 1.29 is 10.0 Å². The molecule has 4 rings (SSSR count). The fourth-order valence-electron chi connectivity index (χ4n) is 3.38. The van der Waals surface area contributed by atoms with Gasteiger partial charge in [-0.3, -0.25) is 24.5 Å². The number of hydrogen-bond acceptors (Lipinski definition) is 5. The van der Waals surface area contributed by atoms with Gasteiger partial charge in [0.15, 0.2) is 0 Å². The maximum atomic E-state index is 13.4. The fourth-order valence-corrected chi connectivity index (χ4v) is 3.38. The van der Waals surface area contributed by atoms with Crippen molar-refractivity contribution in [1.82, 2.24) is 4.57 Å². The monoisotopic (exact) mass is 399 g/mol. The molecule has 0 saturated heterocycles. The summed E-state index contributed by atoms with van der Waals surface area (Å²) >= 11 is 0. The molecule has 0 aliphatic heterocycles. The molecule has 0 aliphatic carbocycles. The molecule has 0 saturated carbocycles. The van der Waals surface area contributed by atoms with Crippen molar-refractivity contribution in [3.05, 3.63) is 105 Å². The zero-order valence-corrected chi connectivity index (χ0v) is 16.0. The summed E-state index contributed by atoms with van der Waals surface area (Å²) in [7, 11) is 0. The predicted octanol–water partition coefficient (Wildman–Crippen LogP) is 4.75. The molecule has 7 heteroatoms. The van der Waals surface area contributed by atoms with Crippen molar-refractivity contribution in [3.63, 3.8) is 0 Å². The van der Waals surface area contributed by atoms with Gasteiger partial charge in [-0.05, 0) is 43.3 Å². The summed E-state index contributed by atoms with van der Waals surface area (Å²) in [5.41, 5.74) is 1.63. The quantitative estimate of drug-likeness (QED) is 0.304. The predicted molar refractivity (Wildman–Crippen MR) is 116 cm³/mol. The molecule has 0 atom stereocenters. The van der Waals surface area contributed by atoms with Gasteiger partial charge < -0.3 is 5.11 Å². The molecule has 0 amide bonds. The molecule has 0 radical (unpaired) electrons. The topological polar surface area (TPSA) is 97.7 Å². The van der Waals surface area contributed by atoms with E-state index >= 15 is 0 Å². The van der Waals surface area contributed by atoms with Crippen molar-refractivity contribution in [2.45, 2.75) is 6.92 Å². The summed E-state index contributed by atoms with van der Waals surface area (Å²) in [6.45, 7) is 1.63. The van der Waals surface area contributed by atoms with Crippen molar-refractivity contribution in [2.75, 3.05) is 0 Å². The Morgan fingerprint density at radius 3 is 2.27 bits per heavy atom. The number of benzene rings is 3. The number of aliphatic imine (C=N–C) groups is 1. The van der Waals surface area contributed by atoms with Gasteiger partial charge in [0.25, 0.3) is 11.2 Å². The Bertz CT molecular complexity index is 1340. The molecular weight excluding hydrogens is 382 g/mol. The molecule has 0 fully saturated rings. The van der Waals surface area contributed by atoms with E-state index in [2.05, 4.69) is 4.99 Å². The fraction of sp³-hybridized carbons (Fsp3) is 0.0435. The minimum atomic E-state index is -0.492. The summed E-state index contributed by atoms with van der Waals surface area (Å²) in [6.07, 6.45) is 0. The van der Waals surface area contributed by atoms with Gasteiger partial charge in [0, 0.05) is 23.2 Å². The number of non-ortho nitro benzene ring substituents is 1. The standard InChI is InChI=1S/C23H17N3O4/c1-15(24-16-11-13-18(14-12-16)26(29)30)21-22(27)19-9-5-6-10-20(19)25(23(21)28)17-7-3-2-4-8-17/h2-14,27H,1H3. The van der Waals surface area contributed by atoms with Gasteiger partial charge in [-0.1, -0.05) is 30.3 Å². The van der Waals surface area contributed by atoms with Crippen molar-refractivity contribution in [3.8, 4) is 11.4 Å². The molecule has 30 heavy (non-hydrogen) atoms. The number of pyridine rings is 1. The number of nitro benzene ring substituents is 1. The Morgan fingerprint density at radius 1 is 0.967 bits per heavy atom. The first-order chi connectivity index (χ1) is 14.5. The summed E-state index contributed by atoms with van der Waals surface area (Å²) < 4.78 is 1.54. The summed E-state index contributed by atoms with van der Waals surface area (Å²) in [5, 5.41) is 22.2. The van der Waals surface area contributed by atoms with Crippen LogP contribution in [0, 0.1) is 10.1 Å². The molecule has 1 heterocycles. The normalized spacial score (nSPS) is 11.6. The minimum absolute atomic E-state index is 0.0495. The zero-order valence-electron chi connectivity index (χ0n) is 16.0. The number of nitro groups is 1. The number of para-hydroxylation sites is 2. The summed E-state index contributed by atoms with van der Waals surface area (Å²) in [6, 6.07) is 21.9. The van der Waals surface area contributed by atoms with Gasteiger partial charge in [0.05, 0.1) is 21.8 Å². The number of aromatic hydroxyl groups is 1. The lowest BCUT2D eigenvalue weighted by molar-refractivity contribution is -0.384. The van der Waals surface area contributed by atoms with E-state index < -0.39 is 10.5 Å². The summed E-state index contributed by atoms with van der Waals surface area (Å²) in [4.78, 5) is 28.2. The summed E-state index contributed by atoms with van der Waals surface area (Å²) in [5.74, 6) is -0.147. The zero-order chi connectivity index (χ0) is 21.3. The number of nitrogens with zero attached hydrogens (tertiary/aromatic N) is 3. The SMILES string of the molecule is CC(=Nc1ccc([N+](=O)[O-])cc1)c1c(O)c2ccccc2n(-c2ccccc2)c1=O. The van der Waals surface area contributed by atoms with E-state index in [-0.39, 0.29) is 17.0 Å². The van der Waals surface area contributed by atoms with Gasteiger partial charge in [0.1, 0.15) is 11.3 Å². The lowest BCUT2D eigenvalue weighted by atomic mass is 10.1. The first kappa shape index (κ1) is 19.1. The van der Waals surface area contributed by atoms with Gasteiger partial charge in [-0.2, -0.15) is 0 Å². The molecule has 1 N–H and O–H groups in total. The molecule has 1 aromatic heterocycles. The Hall–Kier alpha value is -4.26. The van der Waals surface area contributed by atoms with Crippen LogP contribution in [0.4, 0.5) is 11.4 Å². The van der Waals surface area contributed by atoms with E-state index in [1.807, 2.05) is 30.3 Å². The molecular formula is C23H17N3O4. The largest absolute Gasteiger partial charge is 0.506 e. The van der Waals surface area contributed by atoms with E-state index in [0.29, 0.717) is 28.0 Å². The van der Waals surface area contributed by atoms with Gasteiger partial charge in [-0.25, -0.2) is 0 Å². The van der Waals surface area contributed by atoms with Gasteiger partial charge in [-0.15, -0.1) is 0 Å². The molecule has 7 nitrogen and oxygen atoms in total. The van der Waals surface area contributed by atoms with Crippen LogP contribution in [0.25, 0.3) is 16.6 Å². The highest BCUT2D eigenvalue weighted by atomic mass is 16.6. The van der Waals surface area contributed by atoms with E-state index in [4.69, 9.17) is 0 Å². The third kappa shape index (κ3) is 3.33. The third-order valence-corrected chi connectivity index (χ3v) is 4.79. The smallest absolute Gasteiger partial charge is 0.269 e. The van der Waals surface area contributed by atoms with Crippen LogP contribution in [0.2, 0.25) is 0 Å². The van der Waals surface area contributed by atoms with Crippen LogP contribution in [-0.4, -0.2) is 20.3 Å². The van der Waals surface area contributed by atoms with Crippen LogP contribution in [0.3, 0.4) is 0 Å². The van der Waals surface area contributed by atoms with E-state index in [1.54, 1.807) is 35.8 Å². The molecule has 0 spiro atoms. The molecule has 3 aromatic carbocycles. The van der Waals surface area contributed by atoms with Crippen molar-refractivity contribution in [1.29, 1.82) is 0 Å². The Balaban J connectivity index is 1.95.